The van der Waals surface area contributed by atoms with Gasteiger partial charge in [0.25, 0.3) is 0 Å². The molecule has 2 amide bonds. The minimum Gasteiger partial charge on any atom is -0.335 e. The summed E-state index contributed by atoms with van der Waals surface area (Å²) in [6.45, 7) is 0.0856. The van der Waals surface area contributed by atoms with E-state index >= 15 is 0 Å². The van der Waals surface area contributed by atoms with Crippen molar-refractivity contribution in [1.82, 2.24) is 10.2 Å². The maximum atomic E-state index is 13.1. The molecule has 0 aromatic carbocycles. The van der Waals surface area contributed by atoms with Crippen molar-refractivity contribution in [1.29, 1.82) is 0 Å². The van der Waals surface area contributed by atoms with E-state index in [-0.39, 0.29) is 31.3 Å². The maximum Gasteiger partial charge on any atom is 0.412 e. The van der Waals surface area contributed by atoms with E-state index in [1.807, 2.05) is 0 Å². The molecular weight excluding hydrogens is 374 g/mol. The van der Waals surface area contributed by atoms with Crippen LogP contribution in [0.4, 0.5) is 31.1 Å². The summed E-state index contributed by atoms with van der Waals surface area (Å²) in [5, 5.41) is 2.65. The van der Waals surface area contributed by atoms with Gasteiger partial charge < -0.3 is 10.2 Å². The number of carbonyl (C=O) groups excluding carboxylic acids is 1. The molecule has 152 valence electrons. The van der Waals surface area contributed by atoms with Gasteiger partial charge in [0.15, 0.2) is 0 Å². The van der Waals surface area contributed by atoms with Gasteiger partial charge in [-0.2, -0.15) is 26.3 Å². The van der Waals surface area contributed by atoms with Gasteiger partial charge in [-0.3, -0.25) is 0 Å². The molecule has 1 N–H and O–H groups in total. The van der Waals surface area contributed by atoms with E-state index in [0.29, 0.717) is 32.1 Å². The highest BCUT2D eigenvalue weighted by Gasteiger charge is 2.47. The van der Waals surface area contributed by atoms with E-state index in [9.17, 15) is 31.1 Å². The lowest BCUT2D eigenvalue weighted by atomic mass is 9.73. The predicted molar refractivity (Wildman–Crippen MR) is 86.9 cm³/mol. The van der Waals surface area contributed by atoms with E-state index in [1.165, 1.54) is 6.08 Å². The number of urea groups is 1. The number of amides is 2. The van der Waals surface area contributed by atoms with Crippen molar-refractivity contribution in [3.8, 4) is 0 Å². The molecule has 3 aliphatic rings. The number of likely N-dealkylation sites (tertiary alicyclic amines) is 1. The normalized spacial score (nSPS) is 29.6. The van der Waals surface area contributed by atoms with Crippen molar-refractivity contribution in [2.24, 2.45) is 5.92 Å². The molecule has 0 aromatic rings. The first kappa shape index (κ1) is 20.1. The summed E-state index contributed by atoms with van der Waals surface area (Å²) in [4.78, 5) is 13.1. The number of nitrogens with zero attached hydrogens (tertiary/aromatic N) is 1. The Hall–Kier alpha value is -1.67. The fraction of sp³-hybridized carbons (Fsp3) is 0.722. The van der Waals surface area contributed by atoms with Crippen LogP contribution in [0.5, 0.6) is 0 Å². The van der Waals surface area contributed by atoms with Crippen LogP contribution in [0.3, 0.4) is 0 Å². The molecule has 1 unspecified atom stereocenters. The van der Waals surface area contributed by atoms with Crippen LogP contribution in [-0.2, 0) is 0 Å². The molecule has 27 heavy (non-hydrogen) atoms. The fourth-order valence-electron chi connectivity index (χ4n) is 4.04. The molecule has 1 aliphatic heterocycles. The summed E-state index contributed by atoms with van der Waals surface area (Å²) in [5.74, 6) is 0.0844. The molecule has 1 atom stereocenters. The Morgan fingerprint density at radius 2 is 1.74 bits per heavy atom. The zero-order chi connectivity index (χ0) is 19.8. The zero-order valence-corrected chi connectivity index (χ0v) is 14.7. The Bertz CT molecular complexity index is 631. The van der Waals surface area contributed by atoms with Crippen molar-refractivity contribution >= 4 is 6.03 Å². The first-order valence-corrected chi connectivity index (χ1v) is 9.16. The van der Waals surface area contributed by atoms with Crippen LogP contribution < -0.4 is 5.32 Å². The minimum absolute atomic E-state index is 0.0517. The first-order valence-electron chi connectivity index (χ1n) is 9.16. The van der Waals surface area contributed by atoms with Crippen LogP contribution in [0, 0.1) is 5.92 Å². The Morgan fingerprint density at radius 1 is 1.04 bits per heavy atom. The summed E-state index contributed by atoms with van der Waals surface area (Å²) in [6.07, 6.45) is -3.83. The molecule has 1 saturated carbocycles. The van der Waals surface area contributed by atoms with Gasteiger partial charge in [-0.15, -0.1) is 0 Å². The number of rotatable bonds is 2. The fourth-order valence-corrected chi connectivity index (χ4v) is 4.04. The number of carbonyl (C=O) groups is 1. The van der Waals surface area contributed by atoms with Crippen LogP contribution in [0.1, 0.15) is 44.9 Å². The summed E-state index contributed by atoms with van der Waals surface area (Å²) >= 11 is 0. The van der Waals surface area contributed by atoms with Crippen LogP contribution in [0.2, 0.25) is 0 Å². The zero-order valence-electron chi connectivity index (χ0n) is 14.7. The summed E-state index contributed by atoms with van der Waals surface area (Å²) in [7, 11) is 0. The Balaban J connectivity index is 1.51. The average Bonchev–Trinajstić information content (AvgIpc) is 2.56. The second-order valence-corrected chi connectivity index (χ2v) is 7.49. The number of allylic oxidation sites excluding steroid dienone is 4. The van der Waals surface area contributed by atoms with Crippen molar-refractivity contribution in [2.75, 3.05) is 6.54 Å². The lowest BCUT2D eigenvalue weighted by molar-refractivity contribution is -0.182. The van der Waals surface area contributed by atoms with Gasteiger partial charge in [0.1, 0.15) is 6.04 Å². The molecule has 1 saturated heterocycles. The summed E-state index contributed by atoms with van der Waals surface area (Å²) in [6, 6.07) is -2.67. The topological polar surface area (TPSA) is 32.3 Å². The number of nitrogens with one attached hydrogen (secondary N) is 1. The second-order valence-electron chi connectivity index (χ2n) is 7.49. The lowest BCUT2D eigenvalue weighted by Gasteiger charge is -2.42. The Labute approximate surface area is 153 Å². The monoisotopic (exact) mass is 396 g/mol. The second kappa shape index (κ2) is 7.39. The molecule has 2 fully saturated rings. The maximum absolute atomic E-state index is 13.1. The highest BCUT2D eigenvalue weighted by Crippen LogP contribution is 2.41. The van der Waals surface area contributed by atoms with Gasteiger partial charge in [-0.05, 0) is 50.9 Å². The highest BCUT2D eigenvalue weighted by molar-refractivity contribution is 5.75. The summed E-state index contributed by atoms with van der Waals surface area (Å²) < 4.78 is 77.2. The SMILES string of the molecule is O=C(NC1CC(C2=CC=C(C(F)(F)F)CC2)C1)N1CCCCC1C(F)(F)F. The van der Waals surface area contributed by atoms with Crippen molar-refractivity contribution in [2.45, 2.75) is 69.4 Å². The molecule has 3 rings (SSSR count). The average molecular weight is 396 g/mol. The van der Waals surface area contributed by atoms with Crippen molar-refractivity contribution < 1.29 is 31.1 Å². The van der Waals surface area contributed by atoms with Gasteiger partial charge in [-0.1, -0.05) is 17.7 Å². The standard InChI is InChI=1S/C18H22F6N2O/c19-17(20,21)13-6-4-11(5-7-13)12-9-14(10-12)25-16(27)26-8-2-1-3-15(26)18(22,23)24/h4,6,12,14-15H,1-3,5,7-10H2,(H,25,27). The molecular formula is C18H22F6N2O. The third kappa shape index (κ3) is 4.60. The minimum atomic E-state index is -4.44. The molecule has 3 nitrogen and oxygen atoms in total. The van der Waals surface area contributed by atoms with E-state index in [0.717, 1.165) is 16.5 Å². The molecule has 0 bridgehead atoms. The molecule has 9 heteroatoms. The van der Waals surface area contributed by atoms with Crippen molar-refractivity contribution in [3.05, 3.63) is 23.3 Å². The smallest absolute Gasteiger partial charge is 0.335 e. The number of halogens is 6. The van der Waals surface area contributed by atoms with Gasteiger partial charge in [-0.25, -0.2) is 4.79 Å². The van der Waals surface area contributed by atoms with E-state index in [4.69, 9.17) is 0 Å². The number of piperidine rings is 1. The first-order chi connectivity index (χ1) is 12.6. The van der Waals surface area contributed by atoms with Gasteiger partial charge in [0, 0.05) is 18.2 Å². The van der Waals surface area contributed by atoms with Crippen LogP contribution in [0.15, 0.2) is 23.3 Å². The van der Waals surface area contributed by atoms with E-state index in [2.05, 4.69) is 5.32 Å². The van der Waals surface area contributed by atoms with Gasteiger partial charge >= 0.3 is 18.4 Å². The van der Waals surface area contributed by atoms with Crippen LogP contribution >= 0.6 is 0 Å². The number of hydrogen-bond acceptors (Lipinski definition) is 1. The molecule has 0 spiro atoms. The quantitative estimate of drug-likeness (QED) is 0.647. The van der Waals surface area contributed by atoms with E-state index < -0.39 is 30.0 Å². The van der Waals surface area contributed by atoms with Crippen molar-refractivity contribution in [3.63, 3.8) is 0 Å². The molecule has 0 radical (unpaired) electrons. The number of alkyl halides is 6. The van der Waals surface area contributed by atoms with Crippen LogP contribution in [-0.4, -0.2) is 41.9 Å². The molecule has 0 aromatic heterocycles. The highest BCUT2D eigenvalue weighted by atomic mass is 19.4. The predicted octanol–water partition coefficient (Wildman–Crippen LogP) is 5.10. The van der Waals surface area contributed by atoms with Crippen LogP contribution in [0.25, 0.3) is 0 Å². The van der Waals surface area contributed by atoms with E-state index in [1.54, 1.807) is 0 Å². The third-order valence-electron chi connectivity index (χ3n) is 5.68. The van der Waals surface area contributed by atoms with Gasteiger partial charge in [0.2, 0.25) is 0 Å². The number of hydrogen-bond donors (Lipinski definition) is 1. The lowest BCUT2D eigenvalue weighted by Crippen LogP contribution is -2.57. The third-order valence-corrected chi connectivity index (χ3v) is 5.68. The summed E-state index contributed by atoms with van der Waals surface area (Å²) in [5.41, 5.74) is 0.373. The molecule has 1 heterocycles. The van der Waals surface area contributed by atoms with Gasteiger partial charge in [0.05, 0.1) is 0 Å². The Kier molecular flexibility index (Phi) is 5.49. The largest absolute Gasteiger partial charge is 0.412 e. The Morgan fingerprint density at radius 3 is 2.30 bits per heavy atom. The molecule has 2 aliphatic carbocycles.